The van der Waals surface area contributed by atoms with E-state index in [2.05, 4.69) is 40.7 Å². The zero-order valence-corrected chi connectivity index (χ0v) is 13.5. The van der Waals surface area contributed by atoms with Crippen LogP contribution in [0, 0.1) is 11.8 Å². The van der Waals surface area contributed by atoms with E-state index in [0.29, 0.717) is 11.8 Å². The fourth-order valence-corrected chi connectivity index (χ4v) is 2.79. The monoisotopic (exact) mass is 302 g/mol. The molecular formula is C17H26N4O. The van der Waals surface area contributed by atoms with Crippen molar-refractivity contribution < 1.29 is 4.74 Å². The molecule has 1 fully saturated rings. The van der Waals surface area contributed by atoms with E-state index in [-0.39, 0.29) is 0 Å². The van der Waals surface area contributed by atoms with Gasteiger partial charge in [-0.05, 0) is 49.9 Å². The Morgan fingerprint density at radius 1 is 1.32 bits per heavy atom. The fraction of sp³-hybridized carbons (Fsp3) is 0.588. The van der Waals surface area contributed by atoms with Gasteiger partial charge in [0.25, 0.3) is 0 Å². The molecular weight excluding hydrogens is 276 g/mol. The second-order valence-corrected chi connectivity index (χ2v) is 6.56. The molecule has 0 unspecified atom stereocenters. The first-order valence-electron chi connectivity index (χ1n) is 8.28. The van der Waals surface area contributed by atoms with Crippen molar-refractivity contribution >= 4 is 16.7 Å². The maximum absolute atomic E-state index is 5.97. The molecule has 5 nitrogen and oxygen atoms in total. The van der Waals surface area contributed by atoms with Crippen molar-refractivity contribution in [2.24, 2.45) is 11.8 Å². The van der Waals surface area contributed by atoms with Gasteiger partial charge in [-0.15, -0.1) is 0 Å². The Bertz CT molecular complexity index is 602. The lowest BCUT2D eigenvalue weighted by atomic mass is 9.99. The highest BCUT2D eigenvalue weighted by atomic mass is 16.5. The Hall–Kier alpha value is -1.75. The summed E-state index contributed by atoms with van der Waals surface area (Å²) in [6, 6.07) is 6.17. The second kappa shape index (κ2) is 7.01. The molecule has 0 radical (unpaired) electrons. The molecule has 0 atom stereocenters. The molecule has 1 aromatic heterocycles. The predicted molar refractivity (Wildman–Crippen MR) is 90.5 cm³/mol. The van der Waals surface area contributed by atoms with Crippen LogP contribution in [0.4, 0.5) is 5.82 Å². The number of nitrogens with zero attached hydrogens (tertiary/aromatic N) is 1. The third-order valence-electron chi connectivity index (χ3n) is 4.16. The summed E-state index contributed by atoms with van der Waals surface area (Å²) in [4.78, 5) is 0. The zero-order valence-electron chi connectivity index (χ0n) is 13.5. The van der Waals surface area contributed by atoms with Gasteiger partial charge >= 0.3 is 0 Å². The Morgan fingerprint density at radius 2 is 2.14 bits per heavy atom. The first-order chi connectivity index (χ1) is 10.7. The number of rotatable bonds is 6. The van der Waals surface area contributed by atoms with Gasteiger partial charge < -0.3 is 15.4 Å². The molecule has 0 bridgehead atoms. The van der Waals surface area contributed by atoms with Crippen molar-refractivity contribution in [3.05, 3.63) is 18.2 Å². The maximum atomic E-state index is 5.97. The minimum Gasteiger partial charge on any atom is -0.493 e. The highest BCUT2D eigenvalue weighted by Crippen LogP contribution is 2.25. The van der Waals surface area contributed by atoms with Crippen LogP contribution < -0.4 is 15.4 Å². The Labute approximate surface area is 131 Å². The smallest absolute Gasteiger partial charge is 0.155 e. The van der Waals surface area contributed by atoms with E-state index in [1.54, 1.807) is 0 Å². The summed E-state index contributed by atoms with van der Waals surface area (Å²) in [6.07, 6.45) is 2.41. The molecule has 1 aliphatic rings. The maximum Gasteiger partial charge on any atom is 0.155 e. The van der Waals surface area contributed by atoms with E-state index in [1.807, 2.05) is 12.1 Å². The molecule has 0 saturated carbocycles. The van der Waals surface area contributed by atoms with E-state index in [4.69, 9.17) is 4.74 Å². The minimum absolute atomic E-state index is 0.597. The van der Waals surface area contributed by atoms with Crippen molar-refractivity contribution in [3.8, 4) is 5.75 Å². The van der Waals surface area contributed by atoms with Gasteiger partial charge in [0.15, 0.2) is 5.82 Å². The molecule has 2 heterocycles. The van der Waals surface area contributed by atoms with Crippen molar-refractivity contribution in [1.29, 1.82) is 0 Å². The number of aromatic nitrogens is 2. The van der Waals surface area contributed by atoms with Crippen LogP contribution in [0.15, 0.2) is 18.2 Å². The lowest BCUT2D eigenvalue weighted by molar-refractivity contribution is 0.215. The molecule has 0 aliphatic carbocycles. The van der Waals surface area contributed by atoms with Crippen LogP contribution in [0.2, 0.25) is 0 Å². The number of piperidine rings is 1. The van der Waals surface area contributed by atoms with E-state index >= 15 is 0 Å². The van der Waals surface area contributed by atoms with Crippen molar-refractivity contribution in [1.82, 2.24) is 15.5 Å². The molecule has 5 heteroatoms. The topological polar surface area (TPSA) is 62.0 Å². The van der Waals surface area contributed by atoms with Crippen LogP contribution in [-0.2, 0) is 0 Å². The highest BCUT2D eigenvalue weighted by Gasteiger charge is 2.14. The number of hydrogen-bond acceptors (Lipinski definition) is 4. The first-order valence-corrected chi connectivity index (χ1v) is 8.28. The average Bonchev–Trinajstić information content (AvgIpc) is 2.94. The lowest BCUT2D eigenvalue weighted by Gasteiger charge is -2.22. The lowest BCUT2D eigenvalue weighted by Crippen LogP contribution is -2.30. The Morgan fingerprint density at radius 3 is 2.91 bits per heavy atom. The summed E-state index contributed by atoms with van der Waals surface area (Å²) in [5.74, 6) is 3.11. The van der Waals surface area contributed by atoms with Crippen LogP contribution in [0.1, 0.15) is 26.7 Å². The number of fused-ring (bicyclic) bond motifs is 1. The van der Waals surface area contributed by atoms with Gasteiger partial charge in [0.1, 0.15) is 5.75 Å². The van der Waals surface area contributed by atoms with Gasteiger partial charge in [-0.1, -0.05) is 13.8 Å². The van der Waals surface area contributed by atoms with Crippen LogP contribution >= 0.6 is 0 Å². The average molecular weight is 302 g/mol. The van der Waals surface area contributed by atoms with Crippen molar-refractivity contribution in [2.45, 2.75) is 26.7 Å². The fourth-order valence-electron chi connectivity index (χ4n) is 2.79. The summed E-state index contributed by atoms with van der Waals surface area (Å²) in [7, 11) is 0. The largest absolute Gasteiger partial charge is 0.493 e. The Kier molecular flexibility index (Phi) is 4.83. The van der Waals surface area contributed by atoms with E-state index in [9.17, 15) is 0 Å². The number of ether oxygens (including phenoxy) is 1. The van der Waals surface area contributed by atoms with Gasteiger partial charge in [0.05, 0.1) is 12.1 Å². The van der Waals surface area contributed by atoms with Gasteiger partial charge in [-0.3, -0.25) is 5.10 Å². The number of anilines is 1. The number of H-pyrrole nitrogens is 1. The van der Waals surface area contributed by atoms with Crippen LogP contribution in [0.3, 0.4) is 0 Å². The third kappa shape index (κ3) is 3.71. The van der Waals surface area contributed by atoms with Crippen LogP contribution in [0.25, 0.3) is 10.9 Å². The molecule has 0 amide bonds. The molecule has 22 heavy (non-hydrogen) atoms. The molecule has 1 aromatic carbocycles. The van der Waals surface area contributed by atoms with E-state index in [0.717, 1.165) is 48.7 Å². The van der Waals surface area contributed by atoms with Gasteiger partial charge in [-0.2, -0.15) is 5.10 Å². The third-order valence-corrected chi connectivity index (χ3v) is 4.16. The molecule has 0 spiro atoms. The standard InChI is InChI=1S/C17H26N4O/c1-12(2)10-19-17-15-4-3-14(9-16(15)20-21-17)22-11-13-5-7-18-8-6-13/h3-4,9,12-13,18H,5-8,10-11H2,1-2H3,(H2,19,20,21). The highest BCUT2D eigenvalue weighted by molar-refractivity contribution is 5.90. The summed E-state index contributed by atoms with van der Waals surface area (Å²) >= 11 is 0. The number of benzene rings is 1. The number of nitrogens with one attached hydrogen (secondary N) is 3. The molecule has 120 valence electrons. The normalized spacial score (nSPS) is 16.3. The second-order valence-electron chi connectivity index (χ2n) is 6.56. The molecule has 3 rings (SSSR count). The molecule has 1 aliphatic heterocycles. The summed E-state index contributed by atoms with van der Waals surface area (Å²) in [5, 5.41) is 15.3. The predicted octanol–water partition coefficient (Wildman–Crippen LogP) is 3.01. The van der Waals surface area contributed by atoms with E-state index in [1.165, 1.54) is 12.8 Å². The van der Waals surface area contributed by atoms with Crippen molar-refractivity contribution in [3.63, 3.8) is 0 Å². The molecule has 1 saturated heterocycles. The minimum atomic E-state index is 0.597. The first kappa shape index (κ1) is 15.2. The number of aromatic amines is 1. The quantitative estimate of drug-likeness (QED) is 0.767. The van der Waals surface area contributed by atoms with Gasteiger partial charge in [0.2, 0.25) is 0 Å². The molecule has 3 N–H and O–H groups in total. The van der Waals surface area contributed by atoms with Gasteiger partial charge in [0, 0.05) is 18.0 Å². The van der Waals surface area contributed by atoms with Gasteiger partial charge in [-0.25, -0.2) is 0 Å². The summed E-state index contributed by atoms with van der Waals surface area (Å²) < 4.78 is 5.97. The van der Waals surface area contributed by atoms with Crippen molar-refractivity contribution in [2.75, 3.05) is 31.6 Å². The van der Waals surface area contributed by atoms with Crippen LogP contribution in [-0.4, -0.2) is 36.4 Å². The zero-order chi connectivity index (χ0) is 15.4. The van der Waals surface area contributed by atoms with Crippen LogP contribution in [0.5, 0.6) is 5.75 Å². The molecule has 2 aromatic rings. The Balaban J connectivity index is 1.63. The number of hydrogen-bond donors (Lipinski definition) is 3. The summed E-state index contributed by atoms with van der Waals surface area (Å²) in [6.45, 7) is 8.33. The van der Waals surface area contributed by atoms with E-state index < -0.39 is 0 Å². The summed E-state index contributed by atoms with van der Waals surface area (Å²) in [5.41, 5.74) is 1.02. The SMILES string of the molecule is CC(C)CNc1n[nH]c2cc(OCC3CCNCC3)ccc12.